The molecule has 2 amide bonds. The lowest BCUT2D eigenvalue weighted by Crippen LogP contribution is -2.50. The molecule has 1 heterocycles. The Kier molecular flexibility index (Phi) is 3.62. The molecular weight excluding hydrogens is 236 g/mol. The minimum Gasteiger partial charge on any atom is -0.301 e. The largest absolute Gasteiger partial charge is 0.301 e. The van der Waals surface area contributed by atoms with E-state index in [1.165, 1.54) is 0 Å². The zero-order valence-electron chi connectivity index (χ0n) is 7.10. The van der Waals surface area contributed by atoms with E-state index >= 15 is 0 Å². The number of hydrogen-bond donors (Lipinski definition) is 2. The van der Waals surface area contributed by atoms with E-state index in [9.17, 15) is 9.59 Å². The molecule has 1 aliphatic heterocycles. The van der Waals surface area contributed by atoms with Crippen LogP contribution in [0, 0.1) is 0 Å². The standard InChI is InChI=1S/C8H11BrN2O2/c1-5(9)4-10-6-2-3-7(12)11-8(6)13/h6,10H,1-4H2,(H,11,12,13). The molecule has 0 saturated carbocycles. The monoisotopic (exact) mass is 246 g/mol. The maximum Gasteiger partial charge on any atom is 0.243 e. The Morgan fingerprint density at radius 3 is 2.92 bits per heavy atom. The summed E-state index contributed by atoms with van der Waals surface area (Å²) < 4.78 is 0.789. The van der Waals surface area contributed by atoms with Crippen molar-refractivity contribution < 1.29 is 9.59 Å². The van der Waals surface area contributed by atoms with Crippen LogP contribution in [0.3, 0.4) is 0 Å². The molecule has 72 valence electrons. The summed E-state index contributed by atoms with van der Waals surface area (Å²) in [6, 6.07) is -0.271. The summed E-state index contributed by atoms with van der Waals surface area (Å²) >= 11 is 3.18. The van der Waals surface area contributed by atoms with Crippen molar-refractivity contribution in [2.24, 2.45) is 0 Å². The van der Waals surface area contributed by atoms with Gasteiger partial charge < -0.3 is 5.32 Å². The van der Waals surface area contributed by atoms with Crippen LogP contribution < -0.4 is 10.6 Å². The first-order valence-electron chi connectivity index (χ1n) is 4.00. The van der Waals surface area contributed by atoms with Gasteiger partial charge in [0.2, 0.25) is 11.8 Å². The van der Waals surface area contributed by atoms with Gasteiger partial charge >= 0.3 is 0 Å². The van der Waals surface area contributed by atoms with Crippen LogP contribution >= 0.6 is 15.9 Å². The van der Waals surface area contributed by atoms with E-state index in [-0.39, 0.29) is 17.9 Å². The van der Waals surface area contributed by atoms with E-state index in [1.54, 1.807) is 0 Å². The number of piperidine rings is 1. The summed E-state index contributed by atoms with van der Waals surface area (Å²) in [6.07, 6.45) is 0.961. The summed E-state index contributed by atoms with van der Waals surface area (Å²) in [5, 5.41) is 5.25. The topological polar surface area (TPSA) is 58.2 Å². The molecule has 1 unspecified atom stereocenters. The molecule has 0 aromatic heterocycles. The molecule has 1 saturated heterocycles. The Balaban J connectivity index is 2.38. The molecule has 1 rings (SSSR count). The van der Waals surface area contributed by atoms with E-state index in [1.807, 2.05) is 0 Å². The van der Waals surface area contributed by atoms with Gasteiger partial charge in [0.25, 0.3) is 0 Å². The summed E-state index contributed by atoms with van der Waals surface area (Å²) in [6.45, 7) is 4.17. The van der Waals surface area contributed by atoms with Crippen LogP contribution in [-0.4, -0.2) is 24.4 Å². The number of halogens is 1. The normalized spacial score (nSPS) is 22.7. The van der Waals surface area contributed by atoms with Crippen molar-refractivity contribution >= 4 is 27.7 Å². The number of carbonyl (C=O) groups excluding carboxylic acids is 2. The summed E-state index contributed by atoms with van der Waals surface area (Å²) in [5.41, 5.74) is 0. The molecule has 0 aromatic carbocycles. The van der Waals surface area contributed by atoms with Gasteiger partial charge in [0.1, 0.15) is 0 Å². The Hall–Kier alpha value is -0.680. The molecule has 2 N–H and O–H groups in total. The number of carbonyl (C=O) groups is 2. The van der Waals surface area contributed by atoms with Crippen molar-refractivity contribution in [2.75, 3.05) is 6.54 Å². The van der Waals surface area contributed by atoms with Crippen molar-refractivity contribution in [3.05, 3.63) is 11.1 Å². The third-order valence-corrected chi connectivity index (χ3v) is 2.06. The van der Waals surface area contributed by atoms with Crippen LogP contribution in [0.25, 0.3) is 0 Å². The quantitative estimate of drug-likeness (QED) is 0.705. The van der Waals surface area contributed by atoms with Crippen LogP contribution in [0.2, 0.25) is 0 Å². The first kappa shape index (κ1) is 10.4. The number of nitrogens with one attached hydrogen (secondary N) is 2. The highest BCUT2D eigenvalue weighted by molar-refractivity contribution is 9.11. The smallest absolute Gasteiger partial charge is 0.243 e. The molecule has 0 aromatic rings. The third kappa shape index (κ3) is 3.28. The second-order valence-electron chi connectivity index (χ2n) is 2.90. The molecule has 0 radical (unpaired) electrons. The zero-order valence-corrected chi connectivity index (χ0v) is 8.69. The van der Waals surface area contributed by atoms with Gasteiger partial charge in [-0.1, -0.05) is 22.5 Å². The predicted octanol–water partition coefficient (Wildman–Crippen LogP) is 0.290. The first-order chi connectivity index (χ1) is 6.09. The van der Waals surface area contributed by atoms with E-state index in [2.05, 4.69) is 33.1 Å². The summed E-state index contributed by atoms with van der Waals surface area (Å²) in [7, 11) is 0. The number of amides is 2. The van der Waals surface area contributed by atoms with Gasteiger partial charge in [0.05, 0.1) is 6.04 Å². The molecule has 5 heteroatoms. The van der Waals surface area contributed by atoms with Crippen LogP contribution in [-0.2, 0) is 9.59 Å². The van der Waals surface area contributed by atoms with E-state index in [4.69, 9.17) is 0 Å². The van der Waals surface area contributed by atoms with Crippen molar-refractivity contribution in [3.63, 3.8) is 0 Å². The van der Waals surface area contributed by atoms with Crippen molar-refractivity contribution in [3.8, 4) is 0 Å². The number of imide groups is 1. The zero-order chi connectivity index (χ0) is 9.84. The molecular formula is C8H11BrN2O2. The summed E-state index contributed by atoms with van der Waals surface area (Å²) in [4.78, 5) is 21.9. The van der Waals surface area contributed by atoms with Gasteiger partial charge in [0.15, 0.2) is 0 Å². The Morgan fingerprint density at radius 1 is 1.69 bits per heavy atom. The van der Waals surface area contributed by atoms with Crippen molar-refractivity contribution in [1.29, 1.82) is 0 Å². The fourth-order valence-corrected chi connectivity index (χ4v) is 1.28. The minimum absolute atomic E-state index is 0.194. The third-order valence-electron chi connectivity index (χ3n) is 1.78. The second kappa shape index (κ2) is 4.53. The Labute approximate surface area is 84.9 Å². The average molecular weight is 247 g/mol. The van der Waals surface area contributed by atoms with E-state index < -0.39 is 0 Å². The molecule has 0 aliphatic carbocycles. The van der Waals surface area contributed by atoms with Crippen LogP contribution in [0.15, 0.2) is 11.1 Å². The average Bonchev–Trinajstić information content (AvgIpc) is 2.02. The molecule has 1 atom stereocenters. The first-order valence-corrected chi connectivity index (χ1v) is 4.79. The molecule has 13 heavy (non-hydrogen) atoms. The number of hydrogen-bond acceptors (Lipinski definition) is 3. The van der Waals surface area contributed by atoms with Crippen LogP contribution in [0.1, 0.15) is 12.8 Å². The maximum absolute atomic E-state index is 11.2. The van der Waals surface area contributed by atoms with Gasteiger partial charge in [-0.2, -0.15) is 0 Å². The molecule has 1 fully saturated rings. The lowest BCUT2D eigenvalue weighted by atomic mass is 10.1. The van der Waals surface area contributed by atoms with Crippen LogP contribution in [0.5, 0.6) is 0 Å². The summed E-state index contributed by atoms with van der Waals surface area (Å²) in [5.74, 6) is -0.439. The van der Waals surface area contributed by atoms with Crippen molar-refractivity contribution in [2.45, 2.75) is 18.9 Å². The fraction of sp³-hybridized carbons (Fsp3) is 0.500. The number of rotatable bonds is 3. The van der Waals surface area contributed by atoms with E-state index in [0.717, 1.165) is 4.48 Å². The molecule has 1 aliphatic rings. The highest BCUT2D eigenvalue weighted by atomic mass is 79.9. The Bertz CT molecular complexity index is 253. The van der Waals surface area contributed by atoms with Gasteiger partial charge in [-0.15, -0.1) is 0 Å². The minimum atomic E-state index is -0.271. The highest BCUT2D eigenvalue weighted by Crippen LogP contribution is 2.05. The lowest BCUT2D eigenvalue weighted by molar-refractivity contribution is -0.134. The Morgan fingerprint density at radius 2 is 2.38 bits per heavy atom. The SMILES string of the molecule is C=C(Br)CNC1CCC(=O)NC1=O. The predicted molar refractivity (Wildman–Crippen MR) is 52.2 cm³/mol. The highest BCUT2D eigenvalue weighted by Gasteiger charge is 2.25. The fourth-order valence-electron chi connectivity index (χ4n) is 1.12. The van der Waals surface area contributed by atoms with E-state index in [0.29, 0.717) is 19.4 Å². The maximum atomic E-state index is 11.2. The van der Waals surface area contributed by atoms with Crippen LogP contribution in [0.4, 0.5) is 0 Å². The van der Waals surface area contributed by atoms with Crippen molar-refractivity contribution in [1.82, 2.24) is 10.6 Å². The van der Waals surface area contributed by atoms with Gasteiger partial charge in [0, 0.05) is 17.4 Å². The second-order valence-corrected chi connectivity index (χ2v) is 4.02. The van der Waals surface area contributed by atoms with Gasteiger partial charge in [-0.05, 0) is 6.42 Å². The molecule has 0 spiro atoms. The molecule has 0 bridgehead atoms. The van der Waals surface area contributed by atoms with Gasteiger partial charge in [-0.25, -0.2) is 0 Å². The lowest BCUT2D eigenvalue weighted by Gasteiger charge is -2.21. The molecule has 4 nitrogen and oxygen atoms in total. The van der Waals surface area contributed by atoms with Gasteiger partial charge in [-0.3, -0.25) is 14.9 Å².